The first kappa shape index (κ1) is 12.1. The normalized spacial score (nSPS) is 21.0. The van der Waals surface area contributed by atoms with Crippen LogP contribution in [0.15, 0.2) is 28.7 Å². The molecule has 90 valence electrons. The quantitative estimate of drug-likeness (QED) is 0.736. The van der Waals surface area contributed by atoms with Crippen LogP contribution < -0.4 is 0 Å². The molecule has 1 unspecified atom stereocenters. The van der Waals surface area contributed by atoms with E-state index >= 15 is 0 Å². The van der Waals surface area contributed by atoms with Crippen LogP contribution in [0, 0.1) is 0 Å². The van der Waals surface area contributed by atoms with E-state index in [-0.39, 0.29) is 6.04 Å². The monoisotopic (exact) mass is 296 g/mol. The van der Waals surface area contributed by atoms with Crippen molar-refractivity contribution < 1.29 is 9.59 Å². The summed E-state index contributed by atoms with van der Waals surface area (Å²) in [5, 5.41) is 0. The number of piperazine rings is 1. The second kappa shape index (κ2) is 4.49. The largest absolute Gasteiger partial charge is 0.335 e. The fourth-order valence-electron chi connectivity index (χ4n) is 1.93. The first-order valence-electron chi connectivity index (χ1n) is 5.28. The fourth-order valence-corrected chi connectivity index (χ4v) is 2.20. The molecule has 1 aromatic carbocycles. The van der Waals surface area contributed by atoms with Gasteiger partial charge in [-0.25, -0.2) is 0 Å². The van der Waals surface area contributed by atoms with Crippen molar-refractivity contribution in [2.24, 2.45) is 0 Å². The Kier molecular flexibility index (Phi) is 3.19. The lowest BCUT2D eigenvalue weighted by atomic mass is 10.0. The van der Waals surface area contributed by atoms with Gasteiger partial charge in [0.1, 0.15) is 0 Å². The molecule has 0 aromatic heterocycles. The van der Waals surface area contributed by atoms with E-state index in [1.807, 2.05) is 24.3 Å². The molecule has 1 aliphatic rings. The van der Waals surface area contributed by atoms with Gasteiger partial charge in [0.05, 0.1) is 6.04 Å². The van der Waals surface area contributed by atoms with E-state index < -0.39 is 11.8 Å². The standard InChI is InChI=1S/C12H13BrN2O2/c1-14-7-10(15(2)12(17)11(14)16)8-3-5-9(13)6-4-8/h3-6,10H,7H2,1-2H3. The first-order chi connectivity index (χ1) is 8.00. The number of halogens is 1. The van der Waals surface area contributed by atoms with Crippen LogP contribution in [0.25, 0.3) is 0 Å². The Labute approximate surface area is 108 Å². The van der Waals surface area contributed by atoms with Gasteiger partial charge in [0.15, 0.2) is 0 Å². The first-order valence-corrected chi connectivity index (χ1v) is 6.07. The van der Waals surface area contributed by atoms with Gasteiger partial charge < -0.3 is 9.80 Å². The lowest BCUT2D eigenvalue weighted by Gasteiger charge is -2.37. The Balaban J connectivity index is 2.29. The van der Waals surface area contributed by atoms with Crippen LogP contribution >= 0.6 is 15.9 Å². The summed E-state index contributed by atoms with van der Waals surface area (Å²) in [7, 11) is 3.32. The molecule has 5 heteroatoms. The highest BCUT2D eigenvalue weighted by Gasteiger charge is 2.35. The number of carbonyl (C=O) groups excluding carboxylic acids is 2. The topological polar surface area (TPSA) is 40.6 Å². The summed E-state index contributed by atoms with van der Waals surface area (Å²) < 4.78 is 0.996. The smallest absolute Gasteiger partial charge is 0.312 e. The zero-order valence-corrected chi connectivity index (χ0v) is 11.3. The molecule has 0 N–H and O–H groups in total. The van der Waals surface area contributed by atoms with Gasteiger partial charge in [-0.2, -0.15) is 0 Å². The maximum atomic E-state index is 11.7. The highest BCUT2D eigenvalue weighted by molar-refractivity contribution is 9.10. The van der Waals surface area contributed by atoms with Crippen molar-refractivity contribution in [2.45, 2.75) is 6.04 Å². The maximum absolute atomic E-state index is 11.7. The third-order valence-corrected chi connectivity index (χ3v) is 3.55. The third kappa shape index (κ3) is 2.20. The van der Waals surface area contributed by atoms with Crippen LogP contribution in [-0.2, 0) is 9.59 Å². The predicted molar refractivity (Wildman–Crippen MR) is 67.3 cm³/mol. The SMILES string of the molecule is CN1CC(c2ccc(Br)cc2)N(C)C(=O)C1=O. The minimum Gasteiger partial charge on any atom is -0.335 e. The molecule has 0 spiro atoms. The Morgan fingerprint density at radius 2 is 1.71 bits per heavy atom. The van der Waals surface area contributed by atoms with E-state index in [0.29, 0.717) is 6.54 Å². The molecule has 2 rings (SSSR count). The maximum Gasteiger partial charge on any atom is 0.312 e. The third-order valence-electron chi connectivity index (χ3n) is 3.02. The minimum atomic E-state index is -0.452. The number of rotatable bonds is 1. The van der Waals surface area contributed by atoms with Crippen molar-refractivity contribution in [3.05, 3.63) is 34.3 Å². The van der Waals surface area contributed by atoms with Crippen LogP contribution in [-0.4, -0.2) is 42.3 Å². The number of carbonyl (C=O) groups is 2. The van der Waals surface area contributed by atoms with Crippen LogP contribution in [0.1, 0.15) is 11.6 Å². The van der Waals surface area contributed by atoms with Crippen LogP contribution in [0.4, 0.5) is 0 Å². The average Bonchev–Trinajstić information content (AvgIpc) is 2.32. The van der Waals surface area contributed by atoms with Gasteiger partial charge in [-0.1, -0.05) is 28.1 Å². The van der Waals surface area contributed by atoms with Crippen molar-refractivity contribution >= 4 is 27.7 Å². The lowest BCUT2D eigenvalue weighted by Crippen LogP contribution is -2.52. The Morgan fingerprint density at radius 1 is 1.12 bits per heavy atom. The van der Waals surface area contributed by atoms with E-state index in [2.05, 4.69) is 15.9 Å². The van der Waals surface area contributed by atoms with Crippen LogP contribution in [0.2, 0.25) is 0 Å². The average molecular weight is 297 g/mol. The summed E-state index contributed by atoms with van der Waals surface area (Å²) in [6.07, 6.45) is 0. The Hall–Kier alpha value is -1.36. The van der Waals surface area contributed by atoms with E-state index in [1.54, 1.807) is 14.1 Å². The number of amides is 2. The molecule has 1 saturated heterocycles. The van der Waals surface area contributed by atoms with Crippen molar-refractivity contribution in [1.29, 1.82) is 0 Å². The highest BCUT2D eigenvalue weighted by atomic mass is 79.9. The number of benzene rings is 1. The summed E-state index contributed by atoms with van der Waals surface area (Å²) in [4.78, 5) is 26.2. The summed E-state index contributed by atoms with van der Waals surface area (Å²) in [5.74, 6) is -0.896. The molecular formula is C12H13BrN2O2. The molecule has 1 heterocycles. The second-order valence-corrected chi connectivity index (χ2v) is 5.08. The van der Waals surface area contributed by atoms with Crippen molar-refractivity contribution in [2.75, 3.05) is 20.6 Å². The molecule has 0 bridgehead atoms. The van der Waals surface area contributed by atoms with E-state index in [9.17, 15) is 9.59 Å². The van der Waals surface area contributed by atoms with Gasteiger partial charge in [0.2, 0.25) is 0 Å². The van der Waals surface area contributed by atoms with Gasteiger partial charge in [-0.05, 0) is 17.7 Å². The Morgan fingerprint density at radius 3 is 2.29 bits per heavy atom. The lowest BCUT2D eigenvalue weighted by molar-refractivity contribution is -0.156. The van der Waals surface area contributed by atoms with Gasteiger partial charge >= 0.3 is 11.8 Å². The summed E-state index contributed by atoms with van der Waals surface area (Å²) in [5.41, 5.74) is 1.03. The second-order valence-electron chi connectivity index (χ2n) is 4.17. The molecule has 1 aliphatic heterocycles. The Bertz CT molecular complexity index is 458. The molecular weight excluding hydrogens is 284 g/mol. The van der Waals surface area contributed by atoms with Gasteiger partial charge in [-0.15, -0.1) is 0 Å². The molecule has 0 saturated carbocycles. The molecule has 4 nitrogen and oxygen atoms in total. The molecule has 1 fully saturated rings. The molecule has 2 amide bonds. The molecule has 17 heavy (non-hydrogen) atoms. The van der Waals surface area contributed by atoms with E-state index in [1.165, 1.54) is 9.80 Å². The zero-order chi connectivity index (χ0) is 12.6. The van der Waals surface area contributed by atoms with Crippen molar-refractivity contribution in [1.82, 2.24) is 9.80 Å². The molecule has 0 aliphatic carbocycles. The zero-order valence-electron chi connectivity index (χ0n) is 9.68. The van der Waals surface area contributed by atoms with Gasteiger partial charge in [0, 0.05) is 25.1 Å². The van der Waals surface area contributed by atoms with Crippen LogP contribution in [0.5, 0.6) is 0 Å². The fraction of sp³-hybridized carbons (Fsp3) is 0.333. The van der Waals surface area contributed by atoms with Crippen LogP contribution in [0.3, 0.4) is 0 Å². The molecule has 1 atom stereocenters. The van der Waals surface area contributed by atoms with E-state index in [4.69, 9.17) is 0 Å². The summed E-state index contributed by atoms with van der Waals surface area (Å²) >= 11 is 3.37. The van der Waals surface area contributed by atoms with Gasteiger partial charge in [-0.3, -0.25) is 9.59 Å². The number of nitrogens with zero attached hydrogens (tertiary/aromatic N) is 2. The number of likely N-dealkylation sites (N-methyl/N-ethyl adjacent to an activating group) is 2. The summed E-state index contributed by atoms with van der Waals surface area (Å²) in [6.45, 7) is 0.530. The van der Waals surface area contributed by atoms with E-state index in [0.717, 1.165) is 10.0 Å². The number of hydrogen-bond donors (Lipinski definition) is 0. The molecule has 0 radical (unpaired) electrons. The number of hydrogen-bond acceptors (Lipinski definition) is 2. The highest BCUT2D eigenvalue weighted by Crippen LogP contribution is 2.25. The summed E-state index contributed by atoms with van der Waals surface area (Å²) in [6, 6.07) is 7.72. The van der Waals surface area contributed by atoms with Gasteiger partial charge in [0.25, 0.3) is 0 Å². The minimum absolute atomic E-state index is 0.0710. The van der Waals surface area contributed by atoms with Crippen molar-refractivity contribution in [3.8, 4) is 0 Å². The molecule has 1 aromatic rings. The predicted octanol–water partition coefficient (Wildman–Crippen LogP) is 1.42. The van der Waals surface area contributed by atoms with Crippen molar-refractivity contribution in [3.63, 3.8) is 0 Å².